The minimum Gasteiger partial charge on any atom is -0.497 e. The van der Waals surface area contributed by atoms with Gasteiger partial charge in [-0.05, 0) is 30.7 Å². The Morgan fingerprint density at radius 1 is 0.968 bits per heavy atom. The van der Waals surface area contributed by atoms with Crippen molar-refractivity contribution in [1.29, 1.82) is 0 Å². The molecule has 2 aromatic carbocycles. The summed E-state index contributed by atoms with van der Waals surface area (Å²) in [6.07, 6.45) is 0.591. The lowest BCUT2D eigenvalue weighted by molar-refractivity contribution is -0.156. The monoisotopic (exact) mass is 423 g/mol. The number of piperazine rings is 1. The van der Waals surface area contributed by atoms with Crippen LogP contribution in [0.25, 0.3) is 4.85 Å². The third-order valence-electron chi connectivity index (χ3n) is 5.04. The topological polar surface area (TPSA) is 72.7 Å². The van der Waals surface area contributed by atoms with Crippen LogP contribution in [-0.2, 0) is 16.1 Å². The van der Waals surface area contributed by atoms with Gasteiger partial charge in [-0.3, -0.25) is 9.59 Å². The van der Waals surface area contributed by atoms with Crippen LogP contribution in [0.5, 0.6) is 17.2 Å². The van der Waals surface area contributed by atoms with Crippen LogP contribution in [0.4, 0.5) is 5.69 Å². The van der Waals surface area contributed by atoms with E-state index in [0.717, 1.165) is 5.56 Å². The Morgan fingerprint density at radius 3 is 2.48 bits per heavy atom. The average Bonchev–Trinajstić information content (AvgIpc) is 2.81. The van der Waals surface area contributed by atoms with Gasteiger partial charge in [0.1, 0.15) is 17.2 Å². The van der Waals surface area contributed by atoms with Gasteiger partial charge in [0.15, 0.2) is 5.69 Å². The molecule has 0 radical (unpaired) electrons. The normalized spacial score (nSPS) is 13.7. The maximum atomic E-state index is 12.6. The van der Waals surface area contributed by atoms with Crippen LogP contribution in [0, 0.1) is 6.57 Å². The molecule has 2 aromatic rings. The maximum absolute atomic E-state index is 12.6. The molecule has 0 bridgehead atoms. The van der Waals surface area contributed by atoms with Crippen molar-refractivity contribution in [2.75, 3.05) is 40.5 Å². The molecule has 8 nitrogen and oxygen atoms in total. The molecule has 0 aromatic heterocycles. The summed E-state index contributed by atoms with van der Waals surface area (Å²) < 4.78 is 16.2. The van der Waals surface area contributed by atoms with Gasteiger partial charge >= 0.3 is 11.8 Å². The first-order chi connectivity index (χ1) is 15.0. The Labute approximate surface area is 181 Å². The average molecular weight is 423 g/mol. The van der Waals surface area contributed by atoms with Crippen molar-refractivity contribution in [1.82, 2.24) is 9.80 Å². The fraction of sp³-hybridized carbons (Fsp3) is 0.348. The molecule has 0 unspecified atom stereocenters. The molecular formula is C23H25N3O5. The van der Waals surface area contributed by atoms with E-state index in [1.54, 1.807) is 55.5 Å². The van der Waals surface area contributed by atoms with Crippen LogP contribution >= 0.6 is 0 Å². The third-order valence-corrected chi connectivity index (χ3v) is 5.04. The molecule has 162 valence electrons. The third kappa shape index (κ3) is 5.45. The molecule has 31 heavy (non-hydrogen) atoms. The van der Waals surface area contributed by atoms with Crippen LogP contribution in [0.1, 0.15) is 12.0 Å². The SMILES string of the molecule is [C-]#[N+]c1cccc(OCCCN2CCN(Cc3ccc(OC)cc3OC)C(=O)C2=O)c1. The quantitative estimate of drug-likeness (QED) is 0.352. The minimum atomic E-state index is -0.519. The Kier molecular flexibility index (Phi) is 7.33. The highest BCUT2D eigenvalue weighted by Crippen LogP contribution is 2.26. The molecule has 1 fully saturated rings. The van der Waals surface area contributed by atoms with E-state index < -0.39 is 11.8 Å². The number of benzene rings is 2. The van der Waals surface area contributed by atoms with Crippen LogP contribution < -0.4 is 14.2 Å². The number of carbonyl (C=O) groups excluding carboxylic acids is 2. The van der Waals surface area contributed by atoms with Crippen molar-refractivity contribution < 1.29 is 23.8 Å². The molecule has 1 heterocycles. The summed E-state index contributed by atoms with van der Waals surface area (Å²) in [7, 11) is 3.13. The van der Waals surface area contributed by atoms with E-state index in [4.69, 9.17) is 20.8 Å². The zero-order chi connectivity index (χ0) is 22.2. The van der Waals surface area contributed by atoms with Gasteiger partial charge < -0.3 is 24.0 Å². The van der Waals surface area contributed by atoms with Crippen molar-refractivity contribution in [2.24, 2.45) is 0 Å². The first kappa shape index (κ1) is 22.0. The minimum absolute atomic E-state index is 0.298. The molecule has 1 saturated heterocycles. The molecule has 1 aliphatic rings. The largest absolute Gasteiger partial charge is 0.497 e. The molecule has 2 amide bonds. The van der Waals surface area contributed by atoms with E-state index in [2.05, 4.69) is 4.85 Å². The number of hydrogen-bond donors (Lipinski definition) is 0. The molecule has 8 heteroatoms. The first-order valence-corrected chi connectivity index (χ1v) is 9.95. The van der Waals surface area contributed by atoms with E-state index in [9.17, 15) is 9.59 Å². The van der Waals surface area contributed by atoms with E-state index in [1.807, 2.05) is 6.07 Å². The highest BCUT2D eigenvalue weighted by atomic mass is 16.5. The van der Waals surface area contributed by atoms with E-state index >= 15 is 0 Å². The lowest BCUT2D eigenvalue weighted by atomic mass is 10.1. The number of nitrogens with zero attached hydrogens (tertiary/aromatic N) is 3. The van der Waals surface area contributed by atoms with Gasteiger partial charge in [-0.15, -0.1) is 0 Å². The summed E-state index contributed by atoms with van der Waals surface area (Å²) >= 11 is 0. The van der Waals surface area contributed by atoms with Crippen molar-refractivity contribution in [3.63, 3.8) is 0 Å². The van der Waals surface area contributed by atoms with Crippen molar-refractivity contribution in [3.8, 4) is 17.2 Å². The number of hydrogen-bond acceptors (Lipinski definition) is 5. The zero-order valence-electron chi connectivity index (χ0n) is 17.7. The van der Waals surface area contributed by atoms with Gasteiger partial charge in [-0.2, -0.15) is 0 Å². The van der Waals surface area contributed by atoms with Crippen molar-refractivity contribution in [3.05, 3.63) is 59.4 Å². The second-order valence-electron chi connectivity index (χ2n) is 7.01. The van der Waals surface area contributed by atoms with Gasteiger partial charge in [0.05, 0.1) is 27.4 Å². The van der Waals surface area contributed by atoms with Gasteiger partial charge in [0.2, 0.25) is 0 Å². The highest BCUT2D eigenvalue weighted by Gasteiger charge is 2.32. The Morgan fingerprint density at radius 2 is 1.74 bits per heavy atom. The second-order valence-corrected chi connectivity index (χ2v) is 7.01. The predicted molar refractivity (Wildman–Crippen MR) is 114 cm³/mol. The zero-order valence-corrected chi connectivity index (χ0v) is 17.7. The highest BCUT2D eigenvalue weighted by molar-refractivity contribution is 6.35. The lowest BCUT2D eigenvalue weighted by Crippen LogP contribution is -2.54. The van der Waals surface area contributed by atoms with Gasteiger partial charge in [0, 0.05) is 37.8 Å². The van der Waals surface area contributed by atoms with Crippen LogP contribution in [-0.4, -0.2) is 62.1 Å². The number of methoxy groups -OCH3 is 2. The second kappa shape index (κ2) is 10.3. The Bertz CT molecular complexity index is 985. The standard InChI is InChI=1S/C23H25N3O5/c1-24-18-6-4-7-20(14-18)31-13-5-10-25-11-12-26(23(28)22(25)27)16-17-8-9-19(29-2)15-21(17)30-3/h4,6-9,14-15H,5,10-13,16H2,2-3H3. The van der Waals surface area contributed by atoms with Crippen LogP contribution in [0.2, 0.25) is 0 Å². The van der Waals surface area contributed by atoms with E-state index in [1.165, 1.54) is 4.90 Å². The first-order valence-electron chi connectivity index (χ1n) is 9.95. The summed E-state index contributed by atoms with van der Waals surface area (Å²) in [5, 5.41) is 0. The lowest BCUT2D eigenvalue weighted by Gasteiger charge is -2.34. The number of carbonyl (C=O) groups is 2. The van der Waals surface area contributed by atoms with E-state index in [-0.39, 0.29) is 0 Å². The molecule has 3 rings (SSSR count). The van der Waals surface area contributed by atoms with Gasteiger partial charge in [0.25, 0.3) is 0 Å². The van der Waals surface area contributed by atoms with Crippen LogP contribution in [0.3, 0.4) is 0 Å². The summed E-state index contributed by atoms with van der Waals surface area (Å²) in [5.74, 6) is 0.870. The molecule has 0 N–H and O–H groups in total. The number of rotatable bonds is 9. The number of amides is 2. The molecule has 0 saturated carbocycles. The van der Waals surface area contributed by atoms with Gasteiger partial charge in [-0.25, -0.2) is 4.85 Å². The molecule has 1 aliphatic heterocycles. The maximum Gasteiger partial charge on any atom is 0.312 e. The summed E-state index contributed by atoms with van der Waals surface area (Å²) in [6, 6.07) is 12.3. The van der Waals surface area contributed by atoms with Crippen molar-refractivity contribution >= 4 is 17.5 Å². The van der Waals surface area contributed by atoms with Crippen molar-refractivity contribution in [2.45, 2.75) is 13.0 Å². The molecule has 0 atom stereocenters. The summed E-state index contributed by atoms with van der Waals surface area (Å²) in [4.78, 5) is 31.6. The molecule has 0 aliphatic carbocycles. The Hall–Kier alpha value is -3.73. The smallest absolute Gasteiger partial charge is 0.312 e. The summed E-state index contributed by atoms with van der Waals surface area (Å²) in [6.45, 7) is 9.08. The summed E-state index contributed by atoms with van der Waals surface area (Å²) in [5.41, 5.74) is 1.33. The fourth-order valence-electron chi connectivity index (χ4n) is 3.36. The Balaban J connectivity index is 1.50. The number of ether oxygens (including phenoxy) is 3. The fourth-order valence-corrected chi connectivity index (χ4v) is 3.36. The van der Waals surface area contributed by atoms with Crippen LogP contribution in [0.15, 0.2) is 42.5 Å². The predicted octanol–water partition coefficient (Wildman–Crippen LogP) is 2.89. The van der Waals surface area contributed by atoms with E-state index in [0.29, 0.717) is 62.1 Å². The molecule has 0 spiro atoms. The van der Waals surface area contributed by atoms with Gasteiger partial charge in [-0.1, -0.05) is 12.1 Å². The molecular weight excluding hydrogens is 398 g/mol.